The van der Waals surface area contributed by atoms with Crippen molar-refractivity contribution in [3.63, 3.8) is 0 Å². The average Bonchev–Trinajstić information content (AvgIpc) is 3.32. The second-order valence-electron chi connectivity index (χ2n) is 6.29. The fourth-order valence-electron chi connectivity index (χ4n) is 2.84. The minimum atomic E-state index is -4.63. The maximum atomic E-state index is 13.1. The molecule has 1 aliphatic rings. The number of hydrogen-bond donors (Lipinski definition) is 2. The highest BCUT2D eigenvalue weighted by atomic mass is 35.5. The number of fused-ring (bicyclic) bond motifs is 1. The van der Waals surface area contributed by atoms with Gasteiger partial charge < -0.3 is 20.1 Å². The number of alkyl halides is 3. The number of anilines is 1. The second-order valence-corrected chi connectivity index (χ2v) is 6.72. The van der Waals surface area contributed by atoms with E-state index in [1.165, 1.54) is 6.07 Å². The first kappa shape index (κ1) is 19.9. The van der Waals surface area contributed by atoms with Crippen molar-refractivity contribution in [2.45, 2.75) is 12.7 Å². The predicted octanol–water partition coefficient (Wildman–Crippen LogP) is 4.59. The summed E-state index contributed by atoms with van der Waals surface area (Å²) in [6.07, 6.45) is -4.63. The van der Waals surface area contributed by atoms with Crippen molar-refractivity contribution >= 4 is 23.3 Å². The molecule has 2 heterocycles. The number of aromatic nitrogens is 2. The molecule has 11 heteroatoms. The number of benzene rings is 2. The summed E-state index contributed by atoms with van der Waals surface area (Å²) in [5, 5.41) is 9.08. The number of urea groups is 1. The Morgan fingerprint density at radius 2 is 1.93 bits per heavy atom. The minimum absolute atomic E-state index is 0.0972. The molecule has 0 saturated heterocycles. The van der Waals surface area contributed by atoms with Crippen LogP contribution in [0.15, 0.2) is 48.5 Å². The van der Waals surface area contributed by atoms with Crippen LogP contribution in [0.5, 0.6) is 11.5 Å². The van der Waals surface area contributed by atoms with Gasteiger partial charge >= 0.3 is 12.2 Å². The zero-order valence-electron chi connectivity index (χ0n) is 15.2. The van der Waals surface area contributed by atoms with Gasteiger partial charge in [0.2, 0.25) is 6.79 Å². The first-order valence-corrected chi connectivity index (χ1v) is 9.04. The van der Waals surface area contributed by atoms with Crippen LogP contribution in [0, 0.1) is 0 Å². The minimum Gasteiger partial charge on any atom is -0.454 e. The lowest BCUT2D eigenvalue weighted by Gasteiger charge is -2.10. The Balaban J connectivity index is 1.50. The molecule has 0 aliphatic carbocycles. The van der Waals surface area contributed by atoms with E-state index in [4.69, 9.17) is 21.1 Å². The molecule has 30 heavy (non-hydrogen) atoms. The Bertz CT molecular complexity index is 1100. The molecular formula is C19H14ClF3N4O3. The van der Waals surface area contributed by atoms with E-state index in [2.05, 4.69) is 15.7 Å². The highest BCUT2D eigenvalue weighted by molar-refractivity contribution is 6.30. The van der Waals surface area contributed by atoms with Crippen LogP contribution in [-0.2, 0) is 12.7 Å². The van der Waals surface area contributed by atoms with E-state index in [1.54, 1.807) is 36.4 Å². The zero-order chi connectivity index (χ0) is 21.3. The van der Waals surface area contributed by atoms with Crippen molar-refractivity contribution in [2.75, 3.05) is 12.1 Å². The van der Waals surface area contributed by atoms with Gasteiger partial charge in [-0.1, -0.05) is 17.7 Å². The number of ether oxygens (including phenoxy) is 2. The number of nitrogens with one attached hydrogen (secondary N) is 2. The van der Waals surface area contributed by atoms with Crippen molar-refractivity contribution in [3.05, 3.63) is 64.9 Å². The van der Waals surface area contributed by atoms with Gasteiger partial charge in [0.1, 0.15) is 0 Å². The maximum Gasteiger partial charge on any atom is 0.435 e. The van der Waals surface area contributed by atoms with Crippen LogP contribution >= 0.6 is 11.6 Å². The molecule has 0 fully saturated rings. The number of hydrogen-bond acceptors (Lipinski definition) is 4. The predicted molar refractivity (Wildman–Crippen MR) is 102 cm³/mol. The summed E-state index contributed by atoms with van der Waals surface area (Å²) in [6.45, 7) is -0.105. The van der Waals surface area contributed by atoms with Gasteiger partial charge in [0.15, 0.2) is 17.2 Å². The van der Waals surface area contributed by atoms with Crippen molar-refractivity contribution < 1.29 is 27.4 Å². The second kappa shape index (κ2) is 7.79. The fraction of sp³-hybridized carbons (Fsp3) is 0.158. The molecule has 3 aromatic rings. The molecule has 156 valence electrons. The van der Waals surface area contributed by atoms with E-state index in [0.29, 0.717) is 27.9 Å². The summed E-state index contributed by atoms with van der Waals surface area (Å²) in [5.41, 5.74) is -0.164. The highest BCUT2D eigenvalue weighted by Crippen LogP contribution is 2.34. The van der Waals surface area contributed by atoms with Crippen LogP contribution in [0.25, 0.3) is 5.69 Å². The van der Waals surface area contributed by atoms with Crippen molar-refractivity contribution in [1.29, 1.82) is 0 Å². The Hall–Kier alpha value is -3.40. The van der Waals surface area contributed by atoms with Crippen LogP contribution in [0.2, 0.25) is 5.02 Å². The standard InChI is InChI=1S/C19H14ClF3N4O3/c20-11-2-1-3-13(6-11)27-14(8-17(26-27)19(21,22)23)9-24-18(28)25-12-4-5-15-16(7-12)30-10-29-15/h1-8H,9-10H2,(H2,24,25,28). The van der Waals surface area contributed by atoms with Gasteiger partial charge in [-0.15, -0.1) is 0 Å². The normalized spacial score (nSPS) is 12.7. The fourth-order valence-corrected chi connectivity index (χ4v) is 3.02. The molecule has 1 aromatic heterocycles. The molecule has 4 rings (SSSR count). The van der Waals surface area contributed by atoms with Gasteiger partial charge in [0.05, 0.1) is 17.9 Å². The van der Waals surface area contributed by atoms with Gasteiger partial charge in [-0.2, -0.15) is 18.3 Å². The first-order valence-electron chi connectivity index (χ1n) is 8.66. The lowest BCUT2D eigenvalue weighted by Crippen LogP contribution is -2.29. The molecular weight excluding hydrogens is 425 g/mol. The number of nitrogens with zero attached hydrogens (tertiary/aromatic N) is 2. The molecule has 0 saturated carbocycles. The molecule has 7 nitrogen and oxygen atoms in total. The molecule has 0 spiro atoms. The number of halogens is 4. The number of amides is 2. The van der Waals surface area contributed by atoms with E-state index in [9.17, 15) is 18.0 Å². The highest BCUT2D eigenvalue weighted by Gasteiger charge is 2.35. The van der Waals surface area contributed by atoms with E-state index >= 15 is 0 Å². The smallest absolute Gasteiger partial charge is 0.435 e. The van der Waals surface area contributed by atoms with Crippen molar-refractivity contribution in [2.24, 2.45) is 0 Å². The molecule has 0 radical (unpaired) electrons. The van der Waals surface area contributed by atoms with E-state index in [0.717, 1.165) is 10.7 Å². The summed E-state index contributed by atoms with van der Waals surface area (Å²) >= 11 is 5.94. The van der Waals surface area contributed by atoms with Gasteiger partial charge in [0.25, 0.3) is 0 Å². The monoisotopic (exact) mass is 438 g/mol. The van der Waals surface area contributed by atoms with Crippen molar-refractivity contribution in [3.8, 4) is 17.2 Å². The van der Waals surface area contributed by atoms with Crippen molar-refractivity contribution in [1.82, 2.24) is 15.1 Å². The average molecular weight is 439 g/mol. The Labute approximate surface area is 173 Å². The van der Waals surface area contributed by atoms with Crippen LogP contribution < -0.4 is 20.1 Å². The summed E-state index contributed by atoms with van der Waals surface area (Å²) in [6, 6.07) is 11.3. The molecule has 1 aliphatic heterocycles. The lowest BCUT2D eigenvalue weighted by atomic mass is 10.3. The third kappa shape index (κ3) is 4.28. The topological polar surface area (TPSA) is 77.4 Å². The summed E-state index contributed by atoms with van der Waals surface area (Å²) in [4.78, 5) is 12.2. The molecule has 0 atom stereocenters. The number of carbonyl (C=O) groups is 1. The van der Waals surface area contributed by atoms with Crippen LogP contribution in [-0.4, -0.2) is 22.6 Å². The van der Waals surface area contributed by atoms with E-state index < -0.39 is 17.9 Å². The Morgan fingerprint density at radius 1 is 1.13 bits per heavy atom. The van der Waals surface area contributed by atoms with Gasteiger partial charge in [-0.05, 0) is 36.4 Å². The zero-order valence-corrected chi connectivity index (χ0v) is 15.9. The summed E-state index contributed by atoms with van der Waals surface area (Å²) in [5.74, 6) is 1.05. The van der Waals surface area contributed by atoms with E-state index in [-0.39, 0.29) is 19.0 Å². The third-order valence-corrected chi connectivity index (χ3v) is 4.42. The molecule has 2 N–H and O–H groups in total. The van der Waals surface area contributed by atoms with Crippen LogP contribution in [0.4, 0.5) is 23.7 Å². The van der Waals surface area contributed by atoms with Gasteiger partial charge in [0, 0.05) is 16.8 Å². The summed E-state index contributed by atoms with van der Waals surface area (Å²) in [7, 11) is 0. The van der Waals surface area contributed by atoms with E-state index in [1.807, 2.05) is 0 Å². The van der Waals surface area contributed by atoms with Gasteiger partial charge in [-0.3, -0.25) is 0 Å². The quantitative estimate of drug-likeness (QED) is 0.624. The number of carbonyl (C=O) groups excluding carboxylic acids is 1. The largest absolute Gasteiger partial charge is 0.454 e. The molecule has 2 aromatic carbocycles. The SMILES string of the molecule is O=C(NCc1cc(C(F)(F)F)nn1-c1cccc(Cl)c1)Nc1ccc2c(c1)OCO2. The van der Waals surface area contributed by atoms with Crippen LogP contribution in [0.1, 0.15) is 11.4 Å². The molecule has 0 unspecified atom stereocenters. The maximum absolute atomic E-state index is 13.1. The lowest BCUT2D eigenvalue weighted by molar-refractivity contribution is -0.141. The summed E-state index contributed by atoms with van der Waals surface area (Å²) < 4.78 is 51.0. The molecule has 0 bridgehead atoms. The van der Waals surface area contributed by atoms with Gasteiger partial charge in [-0.25, -0.2) is 9.48 Å². The third-order valence-electron chi connectivity index (χ3n) is 4.19. The Morgan fingerprint density at radius 3 is 2.70 bits per heavy atom. The Kier molecular flexibility index (Phi) is 5.17. The van der Waals surface area contributed by atoms with Crippen LogP contribution in [0.3, 0.4) is 0 Å². The first-order chi connectivity index (χ1) is 14.3. The molecule has 2 amide bonds. The number of rotatable bonds is 4.